The predicted octanol–water partition coefficient (Wildman–Crippen LogP) is 3.96. The van der Waals surface area contributed by atoms with Crippen LogP contribution >= 0.6 is 10.7 Å². The molecule has 1 aliphatic carbocycles. The van der Waals surface area contributed by atoms with Crippen molar-refractivity contribution in [2.75, 3.05) is 0 Å². The second-order valence-corrected chi connectivity index (χ2v) is 8.10. The lowest BCUT2D eigenvalue weighted by atomic mass is 9.80. The van der Waals surface area contributed by atoms with Gasteiger partial charge in [-0.15, -0.1) is 0 Å². The SMILES string of the molecule is CC1CCC(Oc2ccc(S(=O)(=O)Cl)cc2F)CC1C. The van der Waals surface area contributed by atoms with Gasteiger partial charge in [0.15, 0.2) is 11.6 Å². The monoisotopic (exact) mass is 320 g/mol. The molecule has 0 spiro atoms. The molecule has 2 rings (SSSR count). The molecule has 3 nitrogen and oxygen atoms in total. The van der Waals surface area contributed by atoms with Crippen molar-refractivity contribution in [3.8, 4) is 5.75 Å². The quantitative estimate of drug-likeness (QED) is 0.792. The summed E-state index contributed by atoms with van der Waals surface area (Å²) in [4.78, 5) is -0.255. The van der Waals surface area contributed by atoms with Crippen molar-refractivity contribution in [3.63, 3.8) is 0 Å². The van der Waals surface area contributed by atoms with Crippen LogP contribution in [-0.2, 0) is 9.05 Å². The van der Waals surface area contributed by atoms with Crippen molar-refractivity contribution in [2.45, 2.75) is 44.1 Å². The first kappa shape index (κ1) is 15.6. The van der Waals surface area contributed by atoms with E-state index in [4.69, 9.17) is 15.4 Å². The molecular weight excluding hydrogens is 303 g/mol. The van der Waals surface area contributed by atoms with Crippen LogP contribution in [-0.4, -0.2) is 14.5 Å². The van der Waals surface area contributed by atoms with Gasteiger partial charge in [-0.2, -0.15) is 0 Å². The molecule has 0 saturated heterocycles. The molecule has 0 bridgehead atoms. The minimum Gasteiger partial charge on any atom is -0.487 e. The Morgan fingerprint density at radius 1 is 1.25 bits per heavy atom. The van der Waals surface area contributed by atoms with E-state index in [1.807, 2.05) is 0 Å². The van der Waals surface area contributed by atoms with E-state index in [1.54, 1.807) is 0 Å². The van der Waals surface area contributed by atoms with Gasteiger partial charge in [-0.1, -0.05) is 13.8 Å². The molecular formula is C14H18ClFO3S. The second kappa shape index (κ2) is 5.90. The Morgan fingerprint density at radius 2 is 1.95 bits per heavy atom. The lowest BCUT2D eigenvalue weighted by Crippen LogP contribution is -2.29. The number of hydrogen-bond donors (Lipinski definition) is 0. The van der Waals surface area contributed by atoms with Crippen molar-refractivity contribution in [1.29, 1.82) is 0 Å². The zero-order valence-corrected chi connectivity index (χ0v) is 13.0. The standard InChI is InChI=1S/C14H18ClFO3S/c1-9-3-4-11(7-10(9)2)19-14-6-5-12(8-13(14)16)20(15,17)18/h5-6,8-11H,3-4,7H2,1-2H3. The predicted molar refractivity (Wildman–Crippen MR) is 76.0 cm³/mol. The van der Waals surface area contributed by atoms with Gasteiger partial charge in [-0.25, -0.2) is 12.8 Å². The number of ether oxygens (including phenoxy) is 1. The summed E-state index contributed by atoms with van der Waals surface area (Å²) >= 11 is 0. The molecule has 20 heavy (non-hydrogen) atoms. The van der Waals surface area contributed by atoms with Crippen molar-refractivity contribution in [2.24, 2.45) is 11.8 Å². The normalized spacial score (nSPS) is 27.3. The second-order valence-electron chi connectivity index (χ2n) is 5.54. The van der Waals surface area contributed by atoms with Gasteiger partial charge in [-0.3, -0.25) is 0 Å². The fourth-order valence-corrected chi connectivity index (χ4v) is 3.28. The van der Waals surface area contributed by atoms with Crippen molar-refractivity contribution < 1.29 is 17.5 Å². The molecule has 1 aromatic rings. The van der Waals surface area contributed by atoms with Crippen LogP contribution in [0.25, 0.3) is 0 Å². The smallest absolute Gasteiger partial charge is 0.261 e. The zero-order chi connectivity index (χ0) is 14.9. The third-order valence-corrected chi connectivity index (χ3v) is 5.38. The van der Waals surface area contributed by atoms with Gasteiger partial charge in [0.25, 0.3) is 9.05 Å². The molecule has 112 valence electrons. The Balaban J connectivity index is 2.11. The summed E-state index contributed by atoms with van der Waals surface area (Å²) in [6.45, 7) is 4.38. The van der Waals surface area contributed by atoms with Gasteiger partial charge in [0.1, 0.15) is 0 Å². The van der Waals surface area contributed by atoms with E-state index in [1.165, 1.54) is 12.1 Å². The molecule has 0 heterocycles. The molecule has 3 atom stereocenters. The lowest BCUT2D eigenvalue weighted by molar-refractivity contribution is 0.0967. The van der Waals surface area contributed by atoms with Crippen LogP contribution in [0.15, 0.2) is 23.1 Å². The van der Waals surface area contributed by atoms with E-state index in [-0.39, 0.29) is 16.7 Å². The van der Waals surface area contributed by atoms with E-state index in [2.05, 4.69) is 13.8 Å². The summed E-state index contributed by atoms with van der Waals surface area (Å²) in [6, 6.07) is 3.48. The molecule has 0 radical (unpaired) electrons. The topological polar surface area (TPSA) is 43.4 Å². The van der Waals surface area contributed by atoms with Gasteiger partial charge >= 0.3 is 0 Å². The van der Waals surface area contributed by atoms with Gasteiger partial charge in [0, 0.05) is 10.7 Å². The highest BCUT2D eigenvalue weighted by molar-refractivity contribution is 8.13. The van der Waals surface area contributed by atoms with Crippen molar-refractivity contribution in [3.05, 3.63) is 24.0 Å². The number of hydrogen-bond acceptors (Lipinski definition) is 3. The summed E-state index contributed by atoms with van der Waals surface area (Å²) in [5, 5.41) is 0. The fraction of sp³-hybridized carbons (Fsp3) is 0.571. The Labute approximate surface area is 123 Å². The molecule has 0 amide bonds. The van der Waals surface area contributed by atoms with Gasteiger partial charge in [-0.05, 0) is 49.3 Å². The largest absolute Gasteiger partial charge is 0.487 e. The molecule has 0 aliphatic heterocycles. The minimum atomic E-state index is -3.91. The highest BCUT2D eigenvalue weighted by Gasteiger charge is 2.26. The summed E-state index contributed by atoms with van der Waals surface area (Å²) in [5.41, 5.74) is 0. The maximum atomic E-state index is 13.9. The third-order valence-electron chi connectivity index (χ3n) is 4.03. The van der Waals surface area contributed by atoms with Gasteiger partial charge in [0.05, 0.1) is 11.0 Å². The van der Waals surface area contributed by atoms with E-state index in [0.717, 1.165) is 25.3 Å². The van der Waals surface area contributed by atoms with E-state index in [9.17, 15) is 12.8 Å². The third kappa shape index (κ3) is 3.64. The van der Waals surface area contributed by atoms with E-state index < -0.39 is 14.9 Å². The van der Waals surface area contributed by atoms with E-state index in [0.29, 0.717) is 11.8 Å². The number of benzene rings is 1. The minimum absolute atomic E-state index is 0.0193. The average molecular weight is 321 g/mol. The first-order valence-electron chi connectivity index (χ1n) is 6.68. The van der Waals surface area contributed by atoms with Crippen LogP contribution in [0.4, 0.5) is 4.39 Å². The van der Waals surface area contributed by atoms with Crippen molar-refractivity contribution in [1.82, 2.24) is 0 Å². The Hall–Kier alpha value is -0.810. The highest BCUT2D eigenvalue weighted by atomic mass is 35.7. The molecule has 1 saturated carbocycles. The first-order valence-corrected chi connectivity index (χ1v) is 8.99. The highest BCUT2D eigenvalue weighted by Crippen LogP contribution is 2.33. The maximum Gasteiger partial charge on any atom is 0.261 e. The Bertz CT molecular complexity index is 588. The van der Waals surface area contributed by atoms with Crippen LogP contribution in [0.1, 0.15) is 33.1 Å². The van der Waals surface area contributed by atoms with Crippen LogP contribution in [0.2, 0.25) is 0 Å². The summed E-state index contributed by atoms with van der Waals surface area (Å²) in [7, 11) is 1.26. The average Bonchev–Trinajstić information content (AvgIpc) is 2.35. The molecule has 1 fully saturated rings. The van der Waals surface area contributed by atoms with Crippen LogP contribution < -0.4 is 4.74 Å². The van der Waals surface area contributed by atoms with Crippen molar-refractivity contribution >= 4 is 19.7 Å². The van der Waals surface area contributed by atoms with E-state index >= 15 is 0 Å². The van der Waals surface area contributed by atoms with Gasteiger partial charge < -0.3 is 4.74 Å². The lowest BCUT2D eigenvalue weighted by Gasteiger charge is -2.32. The molecule has 3 unspecified atom stereocenters. The first-order chi connectivity index (χ1) is 9.27. The molecule has 6 heteroatoms. The van der Waals surface area contributed by atoms with Gasteiger partial charge in [0.2, 0.25) is 0 Å². The molecule has 1 aliphatic rings. The Kier molecular flexibility index (Phi) is 4.59. The summed E-state index contributed by atoms with van der Waals surface area (Å²) in [6.07, 6.45) is 2.81. The molecule has 0 N–H and O–H groups in total. The fourth-order valence-electron chi connectivity index (χ4n) is 2.51. The number of rotatable bonds is 3. The van der Waals surface area contributed by atoms with Crippen LogP contribution in [0, 0.1) is 17.7 Å². The summed E-state index contributed by atoms with van der Waals surface area (Å²) in [5.74, 6) is 0.585. The number of halogens is 2. The van der Waals surface area contributed by atoms with Crippen LogP contribution in [0.5, 0.6) is 5.75 Å². The molecule has 0 aromatic heterocycles. The zero-order valence-electron chi connectivity index (χ0n) is 11.5. The van der Waals surface area contributed by atoms with Crippen LogP contribution in [0.3, 0.4) is 0 Å². The maximum absolute atomic E-state index is 13.9. The summed E-state index contributed by atoms with van der Waals surface area (Å²) < 4.78 is 41.8. The molecule has 1 aromatic carbocycles. The Morgan fingerprint density at radius 3 is 2.50 bits per heavy atom.